The third-order valence-electron chi connectivity index (χ3n) is 4.01. The molecule has 0 aliphatic carbocycles. The molecule has 21 heavy (non-hydrogen) atoms. The van der Waals surface area contributed by atoms with Crippen molar-refractivity contribution in [3.8, 4) is 0 Å². The van der Waals surface area contributed by atoms with Crippen LogP contribution in [-0.2, 0) is 4.74 Å². The summed E-state index contributed by atoms with van der Waals surface area (Å²) in [6, 6.07) is 5.42. The Morgan fingerprint density at radius 2 is 2.24 bits per heavy atom. The number of nitrogen functional groups attached to an aromatic ring is 1. The number of nitrogens with one attached hydrogen (secondary N) is 1. The Balaban J connectivity index is 1.99. The summed E-state index contributed by atoms with van der Waals surface area (Å²) in [4.78, 5) is 13.4. The van der Waals surface area contributed by atoms with Crippen LogP contribution >= 0.6 is 0 Å². The summed E-state index contributed by atoms with van der Waals surface area (Å²) in [5.74, 6) is 0.487. The molecule has 0 spiro atoms. The van der Waals surface area contributed by atoms with E-state index >= 15 is 0 Å². The molecule has 3 N–H and O–H groups in total. The third kappa shape index (κ3) is 3.67. The molecule has 5 nitrogen and oxygen atoms in total. The van der Waals surface area contributed by atoms with Gasteiger partial charge in [-0.1, -0.05) is 6.92 Å². The second kappa shape index (κ2) is 6.80. The van der Waals surface area contributed by atoms with Crippen molar-refractivity contribution < 1.29 is 9.53 Å². The maximum atomic E-state index is 11.9. The van der Waals surface area contributed by atoms with E-state index in [0.29, 0.717) is 23.3 Å². The van der Waals surface area contributed by atoms with Crippen LogP contribution in [0.2, 0.25) is 0 Å². The number of nitrogens with zero attached hydrogens (tertiary/aromatic N) is 1. The van der Waals surface area contributed by atoms with Crippen molar-refractivity contribution >= 4 is 17.3 Å². The molecular formula is C16H25N3O2. The van der Waals surface area contributed by atoms with Crippen LogP contribution in [-0.4, -0.2) is 44.2 Å². The van der Waals surface area contributed by atoms with Crippen molar-refractivity contribution in [2.24, 2.45) is 5.92 Å². The minimum atomic E-state index is -0.0384. The van der Waals surface area contributed by atoms with Crippen molar-refractivity contribution in [3.63, 3.8) is 0 Å². The lowest BCUT2D eigenvalue weighted by Gasteiger charge is -2.19. The highest BCUT2D eigenvalue weighted by molar-refractivity contribution is 5.95. The first-order valence-electron chi connectivity index (χ1n) is 7.49. The van der Waals surface area contributed by atoms with E-state index < -0.39 is 0 Å². The molecular weight excluding hydrogens is 266 g/mol. The Hall–Kier alpha value is -1.75. The average molecular weight is 291 g/mol. The van der Waals surface area contributed by atoms with E-state index in [-0.39, 0.29) is 5.91 Å². The minimum Gasteiger partial charge on any atom is -0.397 e. The highest BCUT2D eigenvalue weighted by atomic mass is 16.5. The Bertz CT molecular complexity index is 502. The molecule has 2 atom stereocenters. The molecule has 1 heterocycles. The van der Waals surface area contributed by atoms with Gasteiger partial charge in [0.15, 0.2) is 0 Å². The van der Waals surface area contributed by atoms with E-state index in [2.05, 4.69) is 12.2 Å². The summed E-state index contributed by atoms with van der Waals surface area (Å²) in [6.07, 6.45) is 2.47. The van der Waals surface area contributed by atoms with Crippen LogP contribution in [0.25, 0.3) is 0 Å². The maximum absolute atomic E-state index is 11.9. The summed E-state index contributed by atoms with van der Waals surface area (Å²) in [5.41, 5.74) is 8.14. The molecule has 1 aromatic rings. The van der Waals surface area contributed by atoms with Gasteiger partial charge in [0.2, 0.25) is 0 Å². The third-order valence-corrected chi connectivity index (χ3v) is 4.01. The van der Waals surface area contributed by atoms with E-state index in [1.54, 1.807) is 25.1 Å². The van der Waals surface area contributed by atoms with Crippen molar-refractivity contribution in [1.29, 1.82) is 0 Å². The number of benzene rings is 1. The average Bonchev–Trinajstić information content (AvgIpc) is 2.92. The zero-order valence-corrected chi connectivity index (χ0v) is 13.1. The first kappa shape index (κ1) is 15.6. The molecule has 0 bridgehead atoms. The van der Waals surface area contributed by atoms with E-state index in [9.17, 15) is 4.79 Å². The molecule has 1 amide bonds. The van der Waals surface area contributed by atoms with Crippen LogP contribution in [0, 0.1) is 5.92 Å². The van der Waals surface area contributed by atoms with Gasteiger partial charge in [0.1, 0.15) is 0 Å². The molecule has 2 unspecified atom stereocenters. The van der Waals surface area contributed by atoms with E-state index in [1.165, 1.54) is 0 Å². The molecule has 1 aliphatic heterocycles. The van der Waals surface area contributed by atoms with Crippen LogP contribution in [0.4, 0.5) is 11.4 Å². The zero-order valence-electron chi connectivity index (χ0n) is 13.1. The zero-order chi connectivity index (χ0) is 15.4. The number of amides is 1. The predicted octanol–water partition coefficient (Wildman–Crippen LogP) is 2.20. The van der Waals surface area contributed by atoms with Gasteiger partial charge in [-0.15, -0.1) is 0 Å². The number of carbonyl (C=O) groups excluding carboxylic acids is 1. The van der Waals surface area contributed by atoms with Crippen molar-refractivity contribution in [1.82, 2.24) is 4.90 Å². The molecule has 5 heteroatoms. The Morgan fingerprint density at radius 1 is 1.48 bits per heavy atom. The summed E-state index contributed by atoms with van der Waals surface area (Å²) >= 11 is 0. The van der Waals surface area contributed by atoms with E-state index in [4.69, 9.17) is 10.5 Å². The van der Waals surface area contributed by atoms with Crippen LogP contribution in [0.15, 0.2) is 18.2 Å². The molecule has 116 valence electrons. The molecule has 1 saturated heterocycles. The summed E-state index contributed by atoms with van der Waals surface area (Å²) < 4.78 is 5.69. The molecule has 2 rings (SSSR count). The molecule has 1 aliphatic rings. The highest BCUT2D eigenvalue weighted by Crippen LogP contribution is 2.26. The summed E-state index contributed by atoms with van der Waals surface area (Å²) in [5, 5.41) is 3.38. The van der Waals surface area contributed by atoms with Gasteiger partial charge in [-0.3, -0.25) is 4.79 Å². The Labute approximate surface area is 126 Å². The van der Waals surface area contributed by atoms with Gasteiger partial charge in [0.05, 0.1) is 17.5 Å². The smallest absolute Gasteiger partial charge is 0.253 e. The number of hydrogen-bond donors (Lipinski definition) is 2. The topological polar surface area (TPSA) is 67.6 Å². The second-order valence-corrected chi connectivity index (χ2v) is 5.75. The SMILES string of the molecule is CCC1OCCC1CNc1ccc(C(=O)N(C)C)cc1N. The lowest BCUT2D eigenvalue weighted by molar-refractivity contribution is 0.0827. The van der Waals surface area contributed by atoms with Crippen LogP contribution in [0.1, 0.15) is 30.1 Å². The van der Waals surface area contributed by atoms with Gasteiger partial charge in [0.25, 0.3) is 5.91 Å². The van der Waals surface area contributed by atoms with E-state index in [0.717, 1.165) is 31.7 Å². The number of carbonyl (C=O) groups is 1. The van der Waals surface area contributed by atoms with Gasteiger partial charge in [0, 0.05) is 38.7 Å². The number of hydrogen-bond acceptors (Lipinski definition) is 4. The fourth-order valence-corrected chi connectivity index (χ4v) is 2.73. The molecule has 1 aromatic carbocycles. The van der Waals surface area contributed by atoms with Gasteiger partial charge in [-0.05, 0) is 31.0 Å². The minimum absolute atomic E-state index is 0.0384. The monoisotopic (exact) mass is 291 g/mol. The fourth-order valence-electron chi connectivity index (χ4n) is 2.73. The molecule has 1 fully saturated rings. The maximum Gasteiger partial charge on any atom is 0.253 e. The van der Waals surface area contributed by atoms with Gasteiger partial charge in [-0.2, -0.15) is 0 Å². The normalized spacial score (nSPS) is 21.3. The van der Waals surface area contributed by atoms with Crippen molar-refractivity contribution in [2.75, 3.05) is 38.3 Å². The van der Waals surface area contributed by atoms with Crippen LogP contribution in [0.3, 0.4) is 0 Å². The fraction of sp³-hybridized carbons (Fsp3) is 0.562. The molecule has 0 saturated carbocycles. The van der Waals surface area contributed by atoms with Gasteiger partial charge >= 0.3 is 0 Å². The summed E-state index contributed by atoms with van der Waals surface area (Å²) in [7, 11) is 3.46. The first-order valence-corrected chi connectivity index (χ1v) is 7.49. The standard InChI is InChI=1S/C16H25N3O2/c1-4-15-12(7-8-21-15)10-18-14-6-5-11(9-13(14)17)16(20)19(2)3/h5-6,9,12,15,18H,4,7-8,10,17H2,1-3H3. The van der Waals surface area contributed by atoms with Crippen molar-refractivity contribution in [2.45, 2.75) is 25.9 Å². The lowest BCUT2D eigenvalue weighted by atomic mass is 9.99. The van der Waals surface area contributed by atoms with Gasteiger partial charge in [-0.25, -0.2) is 0 Å². The van der Waals surface area contributed by atoms with Crippen LogP contribution < -0.4 is 11.1 Å². The number of nitrogens with two attached hydrogens (primary N) is 1. The largest absolute Gasteiger partial charge is 0.397 e. The van der Waals surface area contributed by atoms with Gasteiger partial charge < -0.3 is 20.7 Å². The first-order chi connectivity index (χ1) is 10.0. The predicted molar refractivity (Wildman–Crippen MR) is 85.5 cm³/mol. The molecule has 0 radical (unpaired) electrons. The van der Waals surface area contributed by atoms with E-state index in [1.807, 2.05) is 12.1 Å². The quantitative estimate of drug-likeness (QED) is 0.816. The number of rotatable bonds is 5. The lowest BCUT2D eigenvalue weighted by Crippen LogP contribution is -2.23. The Morgan fingerprint density at radius 3 is 2.86 bits per heavy atom. The second-order valence-electron chi connectivity index (χ2n) is 5.75. The molecule has 0 aromatic heterocycles. The highest BCUT2D eigenvalue weighted by Gasteiger charge is 2.26. The number of anilines is 2. The summed E-state index contributed by atoms with van der Waals surface area (Å²) in [6.45, 7) is 3.85. The van der Waals surface area contributed by atoms with Crippen LogP contribution in [0.5, 0.6) is 0 Å². The number of ether oxygens (including phenoxy) is 1. The Kier molecular flexibility index (Phi) is 5.07. The van der Waals surface area contributed by atoms with Crippen molar-refractivity contribution in [3.05, 3.63) is 23.8 Å².